The van der Waals surface area contributed by atoms with Crippen molar-refractivity contribution in [3.8, 4) is 0 Å². The minimum absolute atomic E-state index is 0.221. The molecule has 0 aromatic heterocycles. The van der Waals surface area contributed by atoms with Gasteiger partial charge in [0.25, 0.3) is 0 Å². The Morgan fingerprint density at radius 3 is 2.37 bits per heavy atom. The molecule has 0 aliphatic heterocycles. The minimum Gasteiger partial charge on any atom is -0.480 e. The lowest BCUT2D eigenvalue weighted by Gasteiger charge is -2.20. The van der Waals surface area contributed by atoms with Crippen molar-refractivity contribution in [2.75, 3.05) is 60.3 Å². The molecule has 0 aromatic rings. The molecule has 0 unspecified atom stereocenters. The molecule has 0 saturated carbocycles. The van der Waals surface area contributed by atoms with E-state index in [1.807, 2.05) is 0 Å². The summed E-state index contributed by atoms with van der Waals surface area (Å²) in [5.41, 5.74) is 0. The Kier molecular flexibility index (Phi) is 10.8. The van der Waals surface area contributed by atoms with E-state index in [1.54, 1.807) is 7.11 Å². The lowest BCUT2D eigenvalue weighted by molar-refractivity contribution is -0.137. The number of methoxy groups -OCH3 is 2. The lowest BCUT2D eigenvalue weighted by Crippen LogP contribution is -2.45. The fourth-order valence-corrected chi connectivity index (χ4v) is 1.20. The van der Waals surface area contributed by atoms with Gasteiger partial charge in [-0.25, -0.2) is 4.79 Å². The highest BCUT2D eigenvalue weighted by Gasteiger charge is 2.15. The predicted molar refractivity (Wildman–Crippen MR) is 67.2 cm³/mol. The quantitative estimate of drug-likeness (QED) is 0.489. The largest absolute Gasteiger partial charge is 0.480 e. The number of carbonyl (C=O) groups is 2. The maximum atomic E-state index is 11.7. The van der Waals surface area contributed by atoms with E-state index in [2.05, 4.69) is 5.32 Å². The molecular weight excluding hydrogens is 256 g/mol. The van der Waals surface area contributed by atoms with Crippen LogP contribution >= 0.6 is 0 Å². The number of ether oxygens (including phenoxy) is 3. The van der Waals surface area contributed by atoms with Crippen molar-refractivity contribution in [2.24, 2.45) is 0 Å². The summed E-state index contributed by atoms with van der Waals surface area (Å²) < 4.78 is 14.8. The van der Waals surface area contributed by atoms with Crippen molar-refractivity contribution in [3.63, 3.8) is 0 Å². The zero-order valence-electron chi connectivity index (χ0n) is 11.4. The first-order valence-electron chi connectivity index (χ1n) is 5.92. The van der Waals surface area contributed by atoms with E-state index >= 15 is 0 Å². The number of nitrogens with one attached hydrogen (secondary N) is 1. The van der Waals surface area contributed by atoms with Crippen molar-refractivity contribution in [1.82, 2.24) is 10.2 Å². The van der Waals surface area contributed by atoms with Gasteiger partial charge in [-0.3, -0.25) is 4.79 Å². The molecule has 0 heterocycles. The Hall–Kier alpha value is -1.38. The second-order valence-corrected chi connectivity index (χ2v) is 3.65. The SMILES string of the molecule is COCCOCCNC(=O)N(CCOC)CC(=O)O. The number of hydrogen-bond acceptors (Lipinski definition) is 5. The van der Waals surface area contributed by atoms with Gasteiger partial charge in [0.1, 0.15) is 6.54 Å². The van der Waals surface area contributed by atoms with E-state index in [-0.39, 0.29) is 19.7 Å². The number of amides is 2. The number of hydrogen-bond donors (Lipinski definition) is 2. The molecule has 8 nitrogen and oxygen atoms in total. The Balaban J connectivity index is 3.86. The van der Waals surface area contributed by atoms with Gasteiger partial charge < -0.3 is 29.5 Å². The van der Waals surface area contributed by atoms with Gasteiger partial charge in [-0.1, -0.05) is 0 Å². The zero-order valence-corrected chi connectivity index (χ0v) is 11.4. The third-order valence-corrected chi connectivity index (χ3v) is 2.13. The summed E-state index contributed by atoms with van der Waals surface area (Å²) in [6.07, 6.45) is 0. The van der Waals surface area contributed by atoms with Crippen LogP contribution in [0.1, 0.15) is 0 Å². The summed E-state index contributed by atoms with van der Waals surface area (Å²) in [6, 6.07) is -0.449. The van der Waals surface area contributed by atoms with E-state index < -0.39 is 12.0 Å². The Morgan fingerprint density at radius 1 is 1.11 bits per heavy atom. The van der Waals surface area contributed by atoms with Crippen LogP contribution in [0, 0.1) is 0 Å². The first-order chi connectivity index (χ1) is 9.11. The number of aliphatic carboxylic acids is 1. The van der Waals surface area contributed by atoms with Crippen LogP contribution in [-0.4, -0.2) is 82.3 Å². The van der Waals surface area contributed by atoms with Crippen LogP contribution in [0.15, 0.2) is 0 Å². The van der Waals surface area contributed by atoms with E-state index in [9.17, 15) is 9.59 Å². The van der Waals surface area contributed by atoms with E-state index in [1.165, 1.54) is 12.0 Å². The van der Waals surface area contributed by atoms with Crippen LogP contribution in [0.3, 0.4) is 0 Å². The van der Waals surface area contributed by atoms with Crippen molar-refractivity contribution in [1.29, 1.82) is 0 Å². The second kappa shape index (κ2) is 11.7. The zero-order chi connectivity index (χ0) is 14.5. The molecule has 0 saturated heterocycles. The summed E-state index contributed by atoms with van der Waals surface area (Å²) >= 11 is 0. The van der Waals surface area contributed by atoms with Gasteiger partial charge in [-0.2, -0.15) is 0 Å². The van der Waals surface area contributed by atoms with Gasteiger partial charge in [0.2, 0.25) is 0 Å². The number of carbonyl (C=O) groups excluding carboxylic acids is 1. The first kappa shape index (κ1) is 17.6. The molecule has 2 amide bonds. The van der Waals surface area contributed by atoms with Crippen LogP contribution in [-0.2, 0) is 19.0 Å². The lowest BCUT2D eigenvalue weighted by atomic mass is 10.5. The Bertz CT molecular complexity index is 262. The summed E-state index contributed by atoms with van der Waals surface area (Å²) in [5.74, 6) is -1.07. The van der Waals surface area contributed by atoms with Gasteiger partial charge in [-0.15, -0.1) is 0 Å². The van der Waals surface area contributed by atoms with Gasteiger partial charge in [0.15, 0.2) is 0 Å². The van der Waals surface area contributed by atoms with Gasteiger partial charge in [0.05, 0.1) is 26.4 Å². The molecule has 0 aliphatic carbocycles. The van der Waals surface area contributed by atoms with Gasteiger partial charge >= 0.3 is 12.0 Å². The number of carboxylic acid groups (broad SMARTS) is 1. The molecule has 0 aromatic carbocycles. The summed E-state index contributed by atoms with van der Waals surface area (Å²) in [6.45, 7) is 1.75. The minimum atomic E-state index is -1.07. The number of urea groups is 1. The Labute approximate surface area is 112 Å². The fourth-order valence-electron chi connectivity index (χ4n) is 1.20. The van der Waals surface area contributed by atoms with Crippen LogP contribution in [0.25, 0.3) is 0 Å². The number of rotatable bonds is 11. The molecule has 0 spiro atoms. The maximum Gasteiger partial charge on any atom is 0.323 e. The second-order valence-electron chi connectivity index (χ2n) is 3.65. The van der Waals surface area contributed by atoms with Crippen LogP contribution < -0.4 is 5.32 Å². The first-order valence-corrected chi connectivity index (χ1v) is 5.92. The van der Waals surface area contributed by atoms with E-state index in [0.29, 0.717) is 26.4 Å². The van der Waals surface area contributed by atoms with Crippen LogP contribution in [0.4, 0.5) is 4.79 Å². The van der Waals surface area contributed by atoms with Crippen molar-refractivity contribution in [3.05, 3.63) is 0 Å². The third kappa shape index (κ3) is 10.2. The fraction of sp³-hybridized carbons (Fsp3) is 0.818. The molecular formula is C11H22N2O6. The summed E-state index contributed by atoms with van der Waals surface area (Å²) in [4.78, 5) is 23.5. The van der Waals surface area contributed by atoms with Crippen molar-refractivity contribution < 1.29 is 28.9 Å². The molecule has 112 valence electrons. The molecule has 0 atom stereocenters. The highest BCUT2D eigenvalue weighted by atomic mass is 16.5. The molecule has 0 aliphatic rings. The summed E-state index contributed by atoms with van der Waals surface area (Å²) in [7, 11) is 3.06. The molecule has 2 N–H and O–H groups in total. The molecule has 0 fully saturated rings. The molecule has 0 bridgehead atoms. The highest BCUT2D eigenvalue weighted by Crippen LogP contribution is 1.90. The Morgan fingerprint density at radius 2 is 1.79 bits per heavy atom. The smallest absolute Gasteiger partial charge is 0.323 e. The highest BCUT2D eigenvalue weighted by molar-refractivity contribution is 5.80. The van der Waals surface area contributed by atoms with Gasteiger partial charge in [-0.05, 0) is 0 Å². The maximum absolute atomic E-state index is 11.7. The standard InChI is InChI=1S/C11H22N2O6/c1-17-6-4-13(9-10(14)15)11(16)12-3-5-19-8-7-18-2/h3-9H2,1-2H3,(H,12,16)(H,14,15). The average molecular weight is 278 g/mol. The van der Waals surface area contributed by atoms with Crippen LogP contribution in [0.5, 0.6) is 0 Å². The molecule has 8 heteroatoms. The van der Waals surface area contributed by atoms with Crippen molar-refractivity contribution in [2.45, 2.75) is 0 Å². The topological polar surface area (TPSA) is 97.3 Å². The summed E-state index contributed by atoms with van der Waals surface area (Å²) in [5, 5.41) is 11.3. The number of carboxylic acids is 1. The van der Waals surface area contributed by atoms with E-state index in [0.717, 1.165) is 0 Å². The average Bonchev–Trinajstić information content (AvgIpc) is 2.37. The van der Waals surface area contributed by atoms with Gasteiger partial charge in [0, 0.05) is 27.3 Å². The number of nitrogens with zero attached hydrogens (tertiary/aromatic N) is 1. The molecule has 19 heavy (non-hydrogen) atoms. The molecule has 0 rings (SSSR count). The van der Waals surface area contributed by atoms with Crippen molar-refractivity contribution >= 4 is 12.0 Å². The predicted octanol–water partition coefficient (Wildman–Crippen LogP) is -0.608. The van der Waals surface area contributed by atoms with E-state index in [4.69, 9.17) is 19.3 Å². The van der Waals surface area contributed by atoms with Crippen LogP contribution in [0.2, 0.25) is 0 Å². The normalized spacial score (nSPS) is 10.2. The molecule has 0 radical (unpaired) electrons. The monoisotopic (exact) mass is 278 g/mol. The third-order valence-electron chi connectivity index (χ3n) is 2.13.